The molecule has 4 atom stereocenters. The van der Waals surface area contributed by atoms with Crippen molar-refractivity contribution in [2.75, 3.05) is 17.3 Å². The molecule has 2 heterocycles. The fraction of sp³-hybridized carbons (Fsp3) is 0.304. The number of amides is 3. The number of benzene rings is 2. The predicted octanol–water partition coefficient (Wildman–Crippen LogP) is 1.65. The molecule has 2 saturated heterocycles. The lowest BCUT2D eigenvalue weighted by Gasteiger charge is -2.27. The standard InChI is InChI=1S/C23H23N3O7/c1-11(27)24-12-7-9-13(10-8-12)26-20(29)16-17(21(26)30)23(2,22(31)32)25-18(16)14-5-4-6-15(33-3)19(14)28/h4-10,16-18,25,28H,1-3H3,(H,24,27)(H,31,32)/t16-,17+,18+,23+/m1/s1. The van der Waals surface area contributed by atoms with E-state index < -0.39 is 41.2 Å². The Morgan fingerprint density at radius 1 is 1.12 bits per heavy atom. The van der Waals surface area contributed by atoms with Gasteiger partial charge in [-0.25, -0.2) is 4.90 Å². The van der Waals surface area contributed by atoms with Gasteiger partial charge in [0.2, 0.25) is 17.7 Å². The number of nitrogens with one attached hydrogen (secondary N) is 2. The van der Waals surface area contributed by atoms with Gasteiger partial charge in [0.1, 0.15) is 5.54 Å². The molecule has 2 aromatic rings. The number of anilines is 2. The average Bonchev–Trinajstić information content (AvgIpc) is 3.22. The number of carboxylic acid groups (broad SMARTS) is 1. The first kappa shape index (κ1) is 22.3. The van der Waals surface area contributed by atoms with Crippen molar-refractivity contribution in [3.05, 3.63) is 48.0 Å². The number of ether oxygens (including phenoxy) is 1. The lowest BCUT2D eigenvalue weighted by Crippen LogP contribution is -2.53. The van der Waals surface area contributed by atoms with E-state index in [2.05, 4.69) is 10.6 Å². The van der Waals surface area contributed by atoms with Crippen molar-refractivity contribution in [2.45, 2.75) is 25.4 Å². The van der Waals surface area contributed by atoms with E-state index in [9.17, 15) is 29.4 Å². The number of carboxylic acids is 1. The highest BCUT2D eigenvalue weighted by atomic mass is 16.5. The predicted molar refractivity (Wildman–Crippen MR) is 117 cm³/mol. The first-order chi connectivity index (χ1) is 15.6. The Morgan fingerprint density at radius 3 is 2.36 bits per heavy atom. The average molecular weight is 453 g/mol. The number of methoxy groups -OCH3 is 1. The summed E-state index contributed by atoms with van der Waals surface area (Å²) < 4.78 is 5.15. The third-order valence-corrected chi connectivity index (χ3v) is 6.26. The Labute approximate surface area is 189 Å². The van der Waals surface area contributed by atoms with Gasteiger partial charge in [-0.2, -0.15) is 0 Å². The number of phenolic OH excluding ortho intramolecular Hbond substituents is 1. The summed E-state index contributed by atoms with van der Waals surface area (Å²) in [5.41, 5.74) is -0.738. The molecule has 0 saturated carbocycles. The largest absolute Gasteiger partial charge is 0.504 e. The maximum absolute atomic E-state index is 13.5. The van der Waals surface area contributed by atoms with Gasteiger partial charge in [-0.05, 0) is 37.3 Å². The summed E-state index contributed by atoms with van der Waals surface area (Å²) in [6, 6.07) is 9.87. The molecule has 0 spiro atoms. The van der Waals surface area contributed by atoms with Crippen LogP contribution in [-0.2, 0) is 19.2 Å². The SMILES string of the molecule is COc1cccc([C@@H]2N[C@](C)(C(=O)O)[C@@H]3C(=O)N(c4ccc(NC(C)=O)cc4)C(=O)[C@H]32)c1O. The molecule has 4 N–H and O–H groups in total. The van der Waals surface area contributed by atoms with Crippen molar-refractivity contribution in [2.24, 2.45) is 11.8 Å². The summed E-state index contributed by atoms with van der Waals surface area (Å²) in [6.45, 7) is 2.72. The van der Waals surface area contributed by atoms with Gasteiger partial charge in [0, 0.05) is 24.2 Å². The Balaban J connectivity index is 1.78. The summed E-state index contributed by atoms with van der Waals surface area (Å²) >= 11 is 0. The van der Waals surface area contributed by atoms with Gasteiger partial charge >= 0.3 is 5.97 Å². The third-order valence-electron chi connectivity index (χ3n) is 6.26. The number of carbonyl (C=O) groups is 4. The lowest BCUT2D eigenvalue weighted by atomic mass is 9.80. The molecule has 4 rings (SSSR count). The third kappa shape index (κ3) is 3.39. The molecule has 10 heteroatoms. The topological polar surface area (TPSA) is 145 Å². The number of fused-ring (bicyclic) bond motifs is 1. The number of aliphatic carboxylic acids is 1. The van der Waals surface area contributed by atoms with Crippen LogP contribution < -0.4 is 20.3 Å². The van der Waals surface area contributed by atoms with Crippen LogP contribution in [0.25, 0.3) is 0 Å². The van der Waals surface area contributed by atoms with Crippen LogP contribution >= 0.6 is 0 Å². The molecular formula is C23H23N3O7. The van der Waals surface area contributed by atoms with Crippen LogP contribution in [0.1, 0.15) is 25.5 Å². The van der Waals surface area contributed by atoms with E-state index in [0.29, 0.717) is 5.69 Å². The molecule has 3 amide bonds. The number of aromatic hydroxyl groups is 1. The summed E-state index contributed by atoms with van der Waals surface area (Å²) in [5.74, 6) is -5.12. The van der Waals surface area contributed by atoms with E-state index in [1.807, 2.05) is 0 Å². The van der Waals surface area contributed by atoms with Crippen LogP contribution in [0.4, 0.5) is 11.4 Å². The highest BCUT2D eigenvalue weighted by Gasteiger charge is 2.67. The number of hydrogen-bond acceptors (Lipinski definition) is 7. The van der Waals surface area contributed by atoms with Crippen molar-refractivity contribution in [3.63, 3.8) is 0 Å². The van der Waals surface area contributed by atoms with Crippen molar-refractivity contribution >= 4 is 35.1 Å². The van der Waals surface area contributed by atoms with Gasteiger partial charge < -0.3 is 20.3 Å². The van der Waals surface area contributed by atoms with Gasteiger partial charge in [0.25, 0.3) is 0 Å². The molecule has 10 nitrogen and oxygen atoms in total. The van der Waals surface area contributed by atoms with Gasteiger partial charge in [-0.3, -0.25) is 24.5 Å². The maximum atomic E-state index is 13.5. The van der Waals surface area contributed by atoms with Crippen molar-refractivity contribution in [1.82, 2.24) is 5.32 Å². The minimum atomic E-state index is -1.75. The van der Waals surface area contributed by atoms with Crippen LogP contribution in [0.15, 0.2) is 42.5 Å². The normalized spacial score (nSPS) is 26.3. The van der Waals surface area contributed by atoms with Gasteiger partial charge in [-0.15, -0.1) is 0 Å². The summed E-state index contributed by atoms with van der Waals surface area (Å²) in [6.07, 6.45) is 0. The smallest absolute Gasteiger partial charge is 0.324 e. The Bertz CT molecular complexity index is 1160. The molecule has 2 aromatic carbocycles. The van der Waals surface area contributed by atoms with Gasteiger partial charge in [-0.1, -0.05) is 12.1 Å². The highest BCUT2D eigenvalue weighted by Crippen LogP contribution is 2.51. The summed E-state index contributed by atoms with van der Waals surface area (Å²) in [7, 11) is 1.38. The number of nitrogens with zero attached hydrogens (tertiary/aromatic N) is 1. The quantitative estimate of drug-likeness (QED) is 0.500. The Hall–Kier alpha value is -3.92. The Morgan fingerprint density at radius 2 is 1.79 bits per heavy atom. The van der Waals surface area contributed by atoms with Gasteiger partial charge in [0.15, 0.2) is 11.5 Å². The fourth-order valence-electron chi connectivity index (χ4n) is 4.71. The maximum Gasteiger partial charge on any atom is 0.324 e. The molecule has 172 valence electrons. The molecule has 0 aromatic heterocycles. The summed E-state index contributed by atoms with van der Waals surface area (Å²) in [4.78, 5) is 51.4. The Kier molecular flexibility index (Phi) is 5.33. The van der Waals surface area contributed by atoms with E-state index in [4.69, 9.17) is 4.74 Å². The molecule has 0 bridgehead atoms. The van der Waals surface area contributed by atoms with Crippen molar-refractivity contribution in [1.29, 1.82) is 0 Å². The molecule has 2 aliphatic rings. The molecular weight excluding hydrogens is 430 g/mol. The van der Waals surface area contributed by atoms with E-state index in [1.165, 1.54) is 39.2 Å². The van der Waals surface area contributed by atoms with Crippen LogP contribution in [-0.4, -0.2) is 46.6 Å². The fourth-order valence-corrected chi connectivity index (χ4v) is 4.71. The molecule has 0 unspecified atom stereocenters. The monoisotopic (exact) mass is 453 g/mol. The first-order valence-corrected chi connectivity index (χ1v) is 10.2. The second kappa shape index (κ2) is 7.89. The molecule has 2 aliphatic heterocycles. The van der Waals surface area contributed by atoms with Crippen molar-refractivity contribution in [3.8, 4) is 11.5 Å². The molecule has 2 fully saturated rings. The first-order valence-electron chi connectivity index (χ1n) is 10.2. The minimum absolute atomic E-state index is 0.164. The number of imide groups is 1. The second-order valence-electron chi connectivity index (χ2n) is 8.27. The zero-order chi connectivity index (χ0) is 24.1. The van der Waals surface area contributed by atoms with E-state index in [0.717, 1.165) is 4.90 Å². The van der Waals surface area contributed by atoms with E-state index >= 15 is 0 Å². The zero-order valence-corrected chi connectivity index (χ0v) is 18.2. The van der Waals surface area contributed by atoms with E-state index in [-0.39, 0.29) is 28.7 Å². The molecule has 0 radical (unpaired) electrons. The number of phenols is 1. The highest BCUT2D eigenvalue weighted by molar-refractivity contribution is 6.24. The summed E-state index contributed by atoms with van der Waals surface area (Å²) in [5, 5.41) is 26.1. The number of rotatable bonds is 5. The lowest BCUT2D eigenvalue weighted by molar-refractivity contribution is -0.147. The van der Waals surface area contributed by atoms with Crippen LogP contribution in [0.5, 0.6) is 11.5 Å². The zero-order valence-electron chi connectivity index (χ0n) is 18.2. The van der Waals surface area contributed by atoms with Gasteiger partial charge in [0.05, 0.1) is 24.6 Å². The number of para-hydroxylation sites is 1. The second-order valence-corrected chi connectivity index (χ2v) is 8.27. The van der Waals surface area contributed by atoms with Crippen LogP contribution in [0.2, 0.25) is 0 Å². The van der Waals surface area contributed by atoms with Crippen molar-refractivity contribution < 1.29 is 34.1 Å². The van der Waals surface area contributed by atoms with E-state index in [1.54, 1.807) is 24.3 Å². The van der Waals surface area contributed by atoms with Crippen LogP contribution in [0, 0.1) is 11.8 Å². The minimum Gasteiger partial charge on any atom is -0.504 e. The number of carbonyl (C=O) groups excluding carboxylic acids is 3. The number of hydrogen-bond donors (Lipinski definition) is 4. The van der Waals surface area contributed by atoms with Crippen LogP contribution in [0.3, 0.4) is 0 Å². The molecule has 0 aliphatic carbocycles. The molecule has 33 heavy (non-hydrogen) atoms.